The number of hydrogen-bond acceptors (Lipinski definition) is 1. The molecule has 0 aliphatic heterocycles. The summed E-state index contributed by atoms with van der Waals surface area (Å²) in [5.74, 6) is 0. The van der Waals surface area contributed by atoms with Crippen molar-refractivity contribution < 1.29 is 0 Å². The molecule has 1 heteroatoms. The number of nitrogens with one attached hydrogen (secondary N) is 1. The summed E-state index contributed by atoms with van der Waals surface area (Å²) in [7, 11) is 0. The minimum absolute atomic E-state index is 0.156. The summed E-state index contributed by atoms with van der Waals surface area (Å²) in [6, 6.07) is 11.0. The second kappa shape index (κ2) is 5.86. The summed E-state index contributed by atoms with van der Waals surface area (Å²) in [4.78, 5) is 0. The van der Waals surface area contributed by atoms with Crippen molar-refractivity contribution in [3.05, 3.63) is 48.6 Å². The van der Waals surface area contributed by atoms with E-state index in [4.69, 9.17) is 0 Å². The molecule has 0 radical (unpaired) electrons. The highest BCUT2D eigenvalue weighted by atomic mass is 15.0. The van der Waals surface area contributed by atoms with E-state index >= 15 is 0 Å². The van der Waals surface area contributed by atoms with Crippen LogP contribution in [-0.2, 0) is 6.42 Å². The Balaban J connectivity index is 2.44. The Labute approximate surface area is 99.6 Å². The second-order valence-electron chi connectivity index (χ2n) is 5.04. The third-order valence-corrected chi connectivity index (χ3v) is 2.85. The molecule has 0 saturated heterocycles. The van der Waals surface area contributed by atoms with Gasteiger partial charge in [-0.25, -0.2) is 0 Å². The molecule has 1 N–H and O–H groups in total. The van der Waals surface area contributed by atoms with Crippen LogP contribution >= 0.6 is 0 Å². The first-order valence-electron chi connectivity index (χ1n) is 5.98. The summed E-state index contributed by atoms with van der Waals surface area (Å²) >= 11 is 0. The van der Waals surface area contributed by atoms with Crippen LogP contribution in [0.15, 0.2) is 43.0 Å². The number of benzene rings is 1. The Morgan fingerprint density at radius 1 is 1.31 bits per heavy atom. The van der Waals surface area contributed by atoms with E-state index in [-0.39, 0.29) is 5.54 Å². The summed E-state index contributed by atoms with van der Waals surface area (Å²) in [6.45, 7) is 10.4. The first kappa shape index (κ1) is 13.0. The highest BCUT2D eigenvalue weighted by molar-refractivity contribution is 5.15. The van der Waals surface area contributed by atoms with Crippen LogP contribution in [0.3, 0.4) is 0 Å². The van der Waals surface area contributed by atoms with Crippen LogP contribution in [0, 0.1) is 0 Å². The summed E-state index contributed by atoms with van der Waals surface area (Å²) in [6.07, 6.45) is 4.20. The van der Waals surface area contributed by atoms with Crippen LogP contribution in [0.5, 0.6) is 0 Å². The van der Waals surface area contributed by atoms with E-state index in [2.05, 4.69) is 63.0 Å². The van der Waals surface area contributed by atoms with Gasteiger partial charge in [-0.15, -0.1) is 6.58 Å². The molecule has 0 amide bonds. The Bertz CT molecular complexity index is 313. The molecule has 1 rings (SSSR count). The van der Waals surface area contributed by atoms with Gasteiger partial charge in [0.25, 0.3) is 0 Å². The Kier molecular flexibility index (Phi) is 4.75. The Morgan fingerprint density at radius 2 is 1.94 bits per heavy atom. The van der Waals surface area contributed by atoms with E-state index in [0.717, 1.165) is 12.8 Å². The first-order chi connectivity index (χ1) is 7.53. The van der Waals surface area contributed by atoms with Gasteiger partial charge in [0.05, 0.1) is 0 Å². The molecule has 1 unspecified atom stereocenters. The third-order valence-electron chi connectivity index (χ3n) is 2.85. The number of rotatable bonds is 6. The lowest BCUT2D eigenvalue weighted by Gasteiger charge is -2.29. The van der Waals surface area contributed by atoms with Gasteiger partial charge >= 0.3 is 0 Å². The molecule has 0 spiro atoms. The zero-order valence-electron chi connectivity index (χ0n) is 10.7. The number of aryl methyl sites for hydroxylation is 1. The van der Waals surface area contributed by atoms with E-state index in [1.807, 2.05) is 6.08 Å². The highest BCUT2D eigenvalue weighted by Gasteiger charge is 2.18. The zero-order chi connectivity index (χ0) is 12.0. The fourth-order valence-corrected chi connectivity index (χ4v) is 1.85. The molecular weight excluding hydrogens is 194 g/mol. The van der Waals surface area contributed by atoms with Crippen molar-refractivity contribution in [2.75, 3.05) is 0 Å². The average Bonchev–Trinajstić information content (AvgIpc) is 2.27. The van der Waals surface area contributed by atoms with E-state index < -0.39 is 0 Å². The fourth-order valence-electron chi connectivity index (χ4n) is 1.85. The minimum Gasteiger partial charge on any atom is -0.306 e. The van der Waals surface area contributed by atoms with Crippen molar-refractivity contribution in [2.24, 2.45) is 0 Å². The predicted molar refractivity (Wildman–Crippen MR) is 71.6 cm³/mol. The lowest BCUT2D eigenvalue weighted by molar-refractivity contribution is 0.346. The maximum atomic E-state index is 3.80. The van der Waals surface area contributed by atoms with Gasteiger partial charge in [-0.3, -0.25) is 0 Å². The Morgan fingerprint density at radius 3 is 2.50 bits per heavy atom. The molecule has 0 saturated carbocycles. The molecule has 0 aliphatic rings. The standard InChI is InChI=1S/C15H23N/c1-5-13(2)16-15(3,4)12-11-14-9-7-6-8-10-14/h5-10,13,16H,1,11-12H2,2-4H3. The molecule has 0 aliphatic carbocycles. The van der Waals surface area contributed by atoms with Crippen molar-refractivity contribution in [3.8, 4) is 0 Å². The third kappa shape index (κ3) is 4.63. The SMILES string of the molecule is C=CC(C)NC(C)(C)CCc1ccccc1. The van der Waals surface area contributed by atoms with E-state index in [1.54, 1.807) is 0 Å². The number of hydrogen-bond donors (Lipinski definition) is 1. The summed E-state index contributed by atoms with van der Waals surface area (Å²) < 4.78 is 0. The molecule has 1 aromatic rings. The largest absolute Gasteiger partial charge is 0.306 e. The van der Waals surface area contributed by atoms with Crippen LogP contribution in [0.1, 0.15) is 32.8 Å². The van der Waals surface area contributed by atoms with Crippen LogP contribution < -0.4 is 5.32 Å². The first-order valence-corrected chi connectivity index (χ1v) is 5.98. The second-order valence-corrected chi connectivity index (χ2v) is 5.04. The van der Waals surface area contributed by atoms with Crippen molar-refractivity contribution in [1.82, 2.24) is 5.32 Å². The van der Waals surface area contributed by atoms with Crippen LogP contribution in [0.25, 0.3) is 0 Å². The lowest BCUT2D eigenvalue weighted by atomic mass is 9.94. The predicted octanol–water partition coefficient (Wildman–Crippen LogP) is 3.56. The van der Waals surface area contributed by atoms with Crippen molar-refractivity contribution in [2.45, 2.75) is 45.2 Å². The Hall–Kier alpha value is -1.08. The van der Waals surface area contributed by atoms with Crippen molar-refractivity contribution in [3.63, 3.8) is 0 Å². The van der Waals surface area contributed by atoms with Gasteiger partial charge in [-0.2, -0.15) is 0 Å². The molecule has 0 bridgehead atoms. The van der Waals surface area contributed by atoms with Gasteiger partial charge in [0.2, 0.25) is 0 Å². The molecule has 16 heavy (non-hydrogen) atoms. The van der Waals surface area contributed by atoms with Gasteiger partial charge in [-0.05, 0) is 39.2 Å². The molecule has 88 valence electrons. The fraction of sp³-hybridized carbons (Fsp3) is 0.467. The normalized spacial score (nSPS) is 13.4. The molecule has 1 aromatic carbocycles. The maximum absolute atomic E-state index is 3.80. The van der Waals surface area contributed by atoms with Crippen molar-refractivity contribution in [1.29, 1.82) is 0 Å². The molecule has 1 atom stereocenters. The summed E-state index contributed by atoms with van der Waals surface area (Å²) in [5.41, 5.74) is 1.56. The average molecular weight is 217 g/mol. The van der Waals surface area contributed by atoms with Gasteiger partial charge in [0.15, 0.2) is 0 Å². The van der Waals surface area contributed by atoms with Crippen molar-refractivity contribution >= 4 is 0 Å². The quantitative estimate of drug-likeness (QED) is 0.718. The van der Waals surface area contributed by atoms with Gasteiger partial charge in [0.1, 0.15) is 0 Å². The topological polar surface area (TPSA) is 12.0 Å². The maximum Gasteiger partial charge on any atom is 0.0224 e. The molecule has 0 aromatic heterocycles. The molecular formula is C15H23N. The van der Waals surface area contributed by atoms with Crippen LogP contribution in [0.2, 0.25) is 0 Å². The highest BCUT2D eigenvalue weighted by Crippen LogP contribution is 2.14. The molecule has 0 fully saturated rings. The molecule has 1 nitrogen and oxygen atoms in total. The van der Waals surface area contributed by atoms with Gasteiger partial charge in [-0.1, -0.05) is 36.4 Å². The van der Waals surface area contributed by atoms with Crippen LogP contribution in [0.4, 0.5) is 0 Å². The lowest BCUT2D eigenvalue weighted by Crippen LogP contribution is -2.44. The van der Waals surface area contributed by atoms with Gasteiger partial charge in [0, 0.05) is 11.6 Å². The molecule has 0 heterocycles. The monoisotopic (exact) mass is 217 g/mol. The zero-order valence-corrected chi connectivity index (χ0v) is 10.7. The smallest absolute Gasteiger partial charge is 0.0224 e. The van der Waals surface area contributed by atoms with Gasteiger partial charge < -0.3 is 5.32 Å². The minimum atomic E-state index is 0.156. The summed E-state index contributed by atoms with van der Waals surface area (Å²) in [5, 5.41) is 3.56. The van der Waals surface area contributed by atoms with E-state index in [9.17, 15) is 0 Å². The van der Waals surface area contributed by atoms with Crippen LogP contribution in [-0.4, -0.2) is 11.6 Å². The van der Waals surface area contributed by atoms with E-state index in [0.29, 0.717) is 6.04 Å². The van der Waals surface area contributed by atoms with E-state index in [1.165, 1.54) is 5.56 Å².